The van der Waals surface area contributed by atoms with Crippen LogP contribution >= 0.6 is 11.6 Å². The lowest BCUT2D eigenvalue weighted by Gasteiger charge is -2.25. The lowest BCUT2D eigenvalue weighted by molar-refractivity contribution is 0.0974. The highest BCUT2D eigenvalue weighted by Crippen LogP contribution is 2.26. The van der Waals surface area contributed by atoms with Crippen molar-refractivity contribution in [3.05, 3.63) is 59.1 Å². The number of imidazole rings is 1. The SMILES string of the molecule is O=C(CC1CCn2c(nc3ccccc32)N1)c1ccc(Cl)cc1. The molecule has 5 heteroatoms. The molecule has 2 aromatic carbocycles. The Bertz CT molecular complexity index is 870. The predicted octanol–water partition coefficient (Wildman–Crippen LogP) is 4.15. The number of para-hydroxylation sites is 2. The van der Waals surface area contributed by atoms with Gasteiger partial charge >= 0.3 is 0 Å². The molecular formula is C18H16ClN3O. The zero-order valence-electron chi connectivity index (χ0n) is 12.5. The molecule has 1 N–H and O–H groups in total. The van der Waals surface area contributed by atoms with E-state index in [1.807, 2.05) is 18.2 Å². The second kappa shape index (κ2) is 5.70. The molecule has 1 atom stereocenters. The fourth-order valence-corrected chi connectivity index (χ4v) is 3.21. The van der Waals surface area contributed by atoms with Crippen molar-refractivity contribution in [3.63, 3.8) is 0 Å². The number of hydrogen-bond acceptors (Lipinski definition) is 3. The second-order valence-corrected chi connectivity index (χ2v) is 6.28. The number of aromatic nitrogens is 2. The molecule has 0 radical (unpaired) electrons. The number of carbonyl (C=O) groups excluding carboxylic acids is 1. The average molecular weight is 326 g/mol. The number of hydrogen-bond donors (Lipinski definition) is 1. The summed E-state index contributed by atoms with van der Waals surface area (Å²) in [6, 6.07) is 15.3. The van der Waals surface area contributed by atoms with Gasteiger partial charge in [0.25, 0.3) is 0 Å². The van der Waals surface area contributed by atoms with Crippen molar-refractivity contribution < 1.29 is 4.79 Å². The van der Waals surface area contributed by atoms with E-state index in [0.717, 1.165) is 29.9 Å². The molecule has 0 saturated carbocycles. The summed E-state index contributed by atoms with van der Waals surface area (Å²) in [7, 11) is 0. The minimum atomic E-state index is 0.113. The van der Waals surface area contributed by atoms with E-state index < -0.39 is 0 Å². The van der Waals surface area contributed by atoms with Crippen LogP contribution in [0.25, 0.3) is 11.0 Å². The van der Waals surface area contributed by atoms with Gasteiger partial charge in [0.05, 0.1) is 11.0 Å². The zero-order chi connectivity index (χ0) is 15.8. The zero-order valence-corrected chi connectivity index (χ0v) is 13.3. The number of ketones is 1. The Morgan fingerprint density at radius 2 is 2.00 bits per heavy atom. The molecule has 0 amide bonds. The van der Waals surface area contributed by atoms with Gasteiger partial charge in [0.15, 0.2) is 5.78 Å². The van der Waals surface area contributed by atoms with Gasteiger partial charge in [-0.1, -0.05) is 23.7 Å². The normalized spacial score (nSPS) is 16.8. The number of aryl methyl sites for hydroxylation is 1. The first-order valence-electron chi connectivity index (χ1n) is 7.71. The van der Waals surface area contributed by atoms with Gasteiger partial charge in [-0.05, 0) is 42.8 Å². The third-order valence-corrected chi connectivity index (χ3v) is 4.54. The number of halogens is 1. The maximum atomic E-state index is 12.4. The van der Waals surface area contributed by atoms with Gasteiger partial charge in [0, 0.05) is 29.6 Å². The highest BCUT2D eigenvalue weighted by Gasteiger charge is 2.23. The molecule has 116 valence electrons. The molecule has 1 aliphatic rings. The van der Waals surface area contributed by atoms with E-state index in [0.29, 0.717) is 17.0 Å². The van der Waals surface area contributed by atoms with Crippen LogP contribution < -0.4 is 5.32 Å². The minimum absolute atomic E-state index is 0.113. The number of carbonyl (C=O) groups is 1. The molecule has 23 heavy (non-hydrogen) atoms. The number of anilines is 1. The van der Waals surface area contributed by atoms with Crippen LogP contribution in [-0.4, -0.2) is 21.4 Å². The first-order chi connectivity index (χ1) is 11.2. The van der Waals surface area contributed by atoms with Crippen molar-refractivity contribution in [1.29, 1.82) is 0 Å². The molecule has 3 aromatic rings. The highest BCUT2D eigenvalue weighted by molar-refractivity contribution is 6.30. The summed E-state index contributed by atoms with van der Waals surface area (Å²) in [5.74, 6) is 0.982. The van der Waals surface area contributed by atoms with Crippen LogP contribution in [0.4, 0.5) is 5.95 Å². The Labute approximate surface area is 139 Å². The second-order valence-electron chi connectivity index (χ2n) is 5.84. The van der Waals surface area contributed by atoms with Crippen LogP contribution in [0.3, 0.4) is 0 Å². The van der Waals surface area contributed by atoms with Crippen LogP contribution in [0, 0.1) is 0 Å². The molecule has 0 bridgehead atoms. The quantitative estimate of drug-likeness (QED) is 0.736. The van der Waals surface area contributed by atoms with Crippen molar-refractivity contribution in [1.82, 2.24) is 9.55 Å². The summed E-state index contributed by atoms with van der Waals surface area (Å²) >= 11 is 5.87. The molecule has 0 aliphatic carbocycles. The number of rotatable bonds is 3. The predicted molar refractivity (Wildman–Crippen MR) is 92.2 cm³/mol. The summed E-state index contributed by atoms with van der Waals surface area (Å²) in [6.45, 7) is 0.876. The van der Waals surface area contributed by atoms with E-state index >= 15 is 0 Å². The summed E-state index contributed by atoms with van der Waals surface area (Å²) in [4.78, 5) is 17.0. The molecule has 0 fully saturated rings. The number of fused-ring (bicyclic) bond motifs is 3. The molecule has 1 unspecified atom stereocenters. The lowest BCUT2D eigenvalue weighted by atomic mass is 10.0. The first kappa shape index (κ1) is 14.3. The Hall–Kier alpha value is -2.33. The van der Waals surface area contributed by atoms with Crippen LogP contribution in [0.1, 0.15) is 23.2 Å². The van der Waals surface area contributed by atoms with Crippen LogP contribution in [0.2, 0.25) is 5.02 Å². The van der Waals surface area contributed by atoms with Crippen LogP contribution in [0.15, 0.2) is 48.5 Å². The van der Waals surface area contributed by atoms with Crippen molar-refractivity contribution in [3.8, 4) is 0 Å². The molecule has 1 aliphatic heterocycles. The third kappa shape index (κ3) is 2.70. The smallest absolute Gasteiger partial charge is 0.204 e. The van der Waals surface area contributed by atoms with Crippen LogP contribution in [0.5, 0.6) is 0 Å². The van der Waals surface area contributed by atoms with E-state index in [4.69, 9.17) is 11.6 Å². The van der Waals surface area contributed by atoms with Gasteiger partial charge in [0.2, 0.25) is 5.95 Å². The molecule has 2 heterocycles. The molecule has 0 spiro atoms. The fraction of sp³-hybridized carbons (Fsp3) is 0.222. The molecule has 1 aromatic heterocycles. The Kier molecular flexibility index (Phi) is 3.54. The van der Waals surface area contributed by atoms with Crippen LogP contribution in [-0.2, 0) is 6.54 Å². The topological polar surface area (TPSA) is 46.9 Å². The average Bonchev–Trinajstić information content (AvgIpc) is 2.93. The van der Waals surface area contributed by atoms with Crippen molar-refractivity contribution in [2.75, 3.05) is 5.32 Å². The van der Waals surface area contributed by atoms with E-state index in [1.54, 1.807) is 24.3 Å². The van der Waals surface area contributed by atoms with Gasteiger partial charge in [-0.15, -0.1) is 0 Å². The lowest BCUT2D eigenvalue weighted by Crippen LogP contribution is -2.30. The Morgan fingerprint density at radius 1 is 1.22 bits per heavy atom. The monoisotopic (exact) mass is 325 g/mol. The Morgan fingerprint density at radius 3 is 2.83 bits per heavy atom. The number of Topliss-reactive ketones (excluding diaryl/α,β-unsaturated/α-hetero) is 1. The maximum Gasteiger partial charge on any atom is 0.204 e. The summed E-state index contributed by atoms with van der Waals surface area (Å²) in [6.07, 6.45) is 1.37. The minimum Gasteiger partial charge on any atom is -0.352 e. The number of nitrogens with zero attached hydrogens (tertiary/aromatic N) is 2. The largest absolute Gasteiger partial charge is 0.352 e. The van der Waals surface area contributed by atoms with Crippen molar-refractivity contribution in [2.45, 2.75) is 25.4 Å². The molecule has 0 saturated heterocycles. The number of nitrogens with one attached hydrogen (secondary N) is 1. The van der Waals surface area contributed by atoms with Gasteiger partial charge in [-0.2, -0.15) is 0 Å². The van der Waals surface area contributed by atoms with Crippen molar-refractivity contribution >= 4 is 34.4 Å². The standard InChI is InChI=1S/C18H16ClN3O/c19-13-7-5-12(6-8-13)17(23)11-14-9-10-22-16-4-2-1-3-15(16)21-18(22)20-14/h1-8,14H,9-11H2,(H,20,21). The Balaban J connectivity index is 1.52. The third-order valence-electron chi connectivity index (χ3n) is 4.29. The van der Waals surface area contributed by atoms with Crippen molar-refractivity contribution in [2.24, 2.45) is 0 Å². The summed E-state index contributed by atoms with van der Waals surface area (Å²) in [5.41, 5.74) is 2.83. The fourth-order valence-electron chi connectivity index (χ4n) is 3.08. The van der Waals surface area contributed by atoms with Gasteiger partial charge < -0.3 is 9.88 Å². The highest BCUT2D eigenvalue weighted by atomic mass is 35.5. The number of benzene rings is 2. The van der Waals surface area contributed by atoms with Gasteiger partial charge in [-0.25, -0.2) is 4.98 Å². The first-order valence-corrected chi connectivity index (χ1v) is 8.09. The molecule has 4 rings (SSSR count). The van der Waals surface area contributed by atoms with E-state index in [2.05, 4.69) is 20.9 Å². The maximum absolute atomic E-state index is 12.4. The summed E-state index contributed by atoms with van der Waals surface area (Å²) in [5, 5.41) is 4.05. The molecule has 4 nitrogen and oxygen atoms in total. The van der Waals surface area contributed by atoms with Gasteiger partial charge in [0.1, 0.15) is 0 Å². The van der Waals surface area contributed by atoms with E-state index in [9.17, 15) is 4.79 Å². The molecular weight excluding hydrogens is 310 g/mol. The summed E-state index contributed by atoms with van der Waals surface area (Å²) < 4.78 is 2.18. The van der Waals surface area contributed by atoms with E-state index in [1.165, 1.54) is 0 Å². The van der Waals surface area contributed by atoms with Gasteiger partial charge in [-0.3, -0.25) is 4.79 Å². The van der Waals surface area contributed by atoms with E-state index in [-0.39, 0.29) is 11.8 Å².